The molecule has 0 aromatic carbocycles. The van der Waals surface area contributed by atoms with E-state index in [-0.39, 0.29) is 25.2 Å². The fourth-order valence-electron chi connectivity index (χ4n) is 2.57. The van der Waals surface area contributed by atoms with Crippen molar-refractivity contribution in [2.75, 3.05) is 6.61 Å². The van der Waals surface area contributed by atoms with Crippen molar-refractivity contribution in [2.24, 2.45) is 5.92 Å². The number of hydrogen-bond donors (Lipinski definition) is 0. The third kappa shape index (κ3) is 2.55. The third-order valence-corrected chi connectivity index (χ3v) is 3.68. The zero-order valence-corrected chi connectivity index (χ0v) is 11.3. The molecule has 2 rings (SSSR count). The minimum atomic E-state index is -0.882. The molecule has 0 bridgehead atoms. The molecule has 1 aromatic rings. The van der Waals surface area contributed by atoms with Crippen LogP contribution in [0.15, 0.2) is 24.4 Å². The summed E-state index contributed by atoms with van der Waals surface area (Å²) < 4.78 is 4.94. The summed E-state index contributed by atoms with van der Waals surface area (Å²) in [5.41, 5.74) is -0.267. The van der Waals surface area contributed by atoms with Gasteiger partial charge in [-0.2, -0.15) is 5.26 Å². The van der Waals surface area contributed by atoms with Crippen LogP contribution in [0.5, 0.6) is 0 Å². The van der Waals surface area contributed by atoms with Gasteiger partial charge in [-0.1, -0.05) is 6.07 Å². The van der Waals surface area contributed by atoms with Gasteiger partial charge in [-0.05, 0) is 31.9 Å². The Bertz CT molecular complexity index is 550. The van der Waals surface area contributed by atoms with E-state index in [0.717, 1.165) is 0 Å². The van der Waals surface area contributed by atoms with Gasteiger partial charge in [0, 0.05) is 12.6 Å². The molecule has 0 saturated heterocycles. The maximum atomic E-state index is 11.9. The summed E-state index contributed by atoms with van der Waals surface area (Å²) in [6.07, 6.45) is 2.37. The lowest BCUT2D eigenvalue weighted by Gasteiger charge is -2.33. The average Bonchev–Trinajstić information content (AvgIpc) is 2.49. The van der Waals surface area contributed by atoms with Crippen LogP contribution in [0.2, 0.25) is 0 Å². The van der Waals surface area contributed by atoms with Crippen molar-refractivity contribution in [3.8, 4) is 6.07 Å². The highest BCUT2D eigenvalue weighted by Crippen LogP contribution is 2.39. The van der Waals surface area contributed by atoms with E-state index < -0.39 is 17.3 Å². The number of aromatic nitrogens is 1. The second-order valence-electron chi connectivity index (χ2n) is 4.88. The van der Waals surface area contributed by atoms with Crippen LogP contribution in [0, 0.1) is 17.2 Å². The summed E-state index contributed by atoms with van der Waals surface area (Å²) in [7, 11) is 0. The molecule has 2 unspecified atom stereocenters. The van der Waals surface area contributed by atoms with Crippen LogP contribution in [0.3, 0.4) is 0 Å². The zero-order chi connectivity index (χ0) is 14.6. The van der Waals surface area contributed by atoms with E-state index in [2.05, 4.69) is 11.1 Å². The summed E-state index contributed by atoms with van der Waals surface area (Å²) in [5, 5.41) is 9.56. The molecule has 20 heavy (non-hydrogen) atoms. The number of Topliss-reactive ketones (excluding diaryl/α,β-unsaturated/α-hetero) is 1. The van der Waals surface area contributed by atoms with Gasteiger partial charge in [0.1, 0.15) is 17.1 Å². The van der Waals surface area contributed by atoms with Crippen LogP contribution in [0.4, 0.5) is 0 Å². The first-order valence-electron chi connectivity index (χ1n) is 6.65. The Morgan fingerprint density at radius 2 is 2.40 bits per heavy atom. The molecule has 5 nitrogen and oxygen atoms in total. The number of esters is 1. The van der Waals surface area contributed by atoms with Crippen LogP contribution in [-0.4, -0.2) is 23.3 Å². The van der Waals surface area contributed by atoms with Gasteiger partial charge >= 0.3 is 5.97 Å². The standard InChI is InChI=1S/C15H16N2O3/c1-2-20-14(19)11-9-15(10-16,7-6-12(11)18)13-5-3-4-8-17-13/h3-5,8,11H,2,6-7,9H2,1H3. The molecule has 1 fully saturated rings. The van der Waals surface area contributed by atoms with Crippen LogP contribution in [0.25, 0.3) is 0 Å². The second-order valence-corrected chi connectivity index (χ2v) is 4.88. The Labute approximate surface area is 117 Å². The first-order chi connectivity index (χ1) is 9.63. The molecule has 0 spiro atoms. The lowest BCUT2D eigenvalue weighted by molar-refractivity contribution is -0.153. The smallest absolute Gasteiger partial charge is 0.316 e. The predicted molar refractivity (Wildman–Crippen MR) is 70.5 cm³/mol. The highest BCUT2D eigenvalue weighted by Gasteiger charge is 2.46. The molecule has 1 aliphatic rings. The molecule has 1 heterocycles. The molecule has 1 saturated carbocycles. The lowest BCUT2D eigenvalue weighted by Crippen LogP contribution is -2.41. The molecular weight excluding hydrogens is 256 g/mol. The van der Waals surface area contributed by atoms with Gasteiger partial charge in [-0.3, -0.25) is 14.6 Å². The van der Waals surface area contributed by atoms with Crippen molar-refractivity contribution in [1.82, 2.24) is 4.98 Å². The van der Waals surface area contributed by atoms with Crippen LogP contribution in [-0.2, 0) is 19.7 Å². The summed E-state index contributed by atoms with van der Waals surface area (Å²) in [6.45, 7) is 1.92. The number of ketones is 1. The van der Waals surface area contributed by atoms with E-state index in [1.807, 2.05) is 0 Å². The number of hydrogen-bond acceptors (Lipinski definition) is 5. The van der Waals surface area contributed by atoms with Crippen molar-refractivity contribution >= 4 is 11.8 Å². The zero-order valence-electron chi connectivity index (χ0n) is 11.3. The SMILES string of the molecule is CCOC(=O)C1CC(C#N)(c2ccccn2)CCC1=O. The molecule has 1 aromatic heterocycles. The van der Waals surface area contributed by atoms with Gasteiger partial charge in [-0.25, -0.2) is 0 Å². The molecule has 1 aliphatic carbocycles. The lowest BCUT2D eigenvalue weighted by atomic mass is 9.68. The molecule has 0 radical (unpaired) electrons. The van der Waals surface area contributed by atoms with Crippen molar-refractivity contribution < 1.29 is 14.3 Å². The van der Waals surface area contributed by atoms with Gasteiger partial charge in [0.2, 0.25) is 0 Å². The Hall–Kier alpha value is -2.22. The fraction of sp³-hybridized carbons (Fsp3) is 0.467. The van der Waals surface area contributed by atoms with Gasteiger partial charge < -0.3 is 4.74 Å². The molecule has 104 valence electrons. The van der Waals surface area contributed by atoms with Gasteiger partial charge in [0.15, 0.2) is 0 Å². The number of nitrogens with zero attached hydrogens (tertiary/aromatic N) is 2. The molecule has 0 amide bonds. The van der Waals surface area contributed by atoms with Crippen LogP contribution >= 0.6 is 0 Å². The first kappa shape index (κ1) is 14.2. The topological polar surface area (TPSA) is 80.1 Å². The summed E-state index contributed by atoms with van der Waals surface area (Å²) in [5.74, 6) is -1.54. The summed E-state index contributed by atoms with van der Waals surface area (Å²) in [4.78, 5) is 28.0. The van der Waals surface area contributed by atoms with Gasteiger partial charge in [0.25, 0.3) is 0 Å². The minimum Gasteiger partial charge on any atom is -0.465 e. The molecule has 5 heteroatoms. The number of pyridine rings is 1. The van der Waals surface area contributed by atoms with E-state index in [1.165, 1.54) is 0 Å². The number of rotatable bonds is 3. The van der Waals surface area contributed by atoms with Crippen LogP contribution < -0.4 is 0 Å². The largest absolute Gasteiger partial charge is 0.465 e. The maximum Gasteiger partial charge on any atom is 0.316 e. The average molecular weight is 272 g/mol. The number of ether oxygens (including phenoxy) is 1. The highest BCUT2D eigenvalue weighted by molar-refractivity contribution is 6.00. The van der Waals surface area contributed by atoms with E-state index in [4.69, 9.17) is 4.74 Å². The van der Waals surface area contributed by atoms with Crippen LogP contribution in [0.1, 0.15) is 31.9 Å². The van der Waals surface area contributed by atoms with E-state index in [9.17, 15) is 14.9 Å². The molecule has 0 aliphatic heterocycles. The number of nitriles is 1. The maximum absolute atomic E-state index is 11.9. The fourth-order valence-corrected chi connectivity index (χ4v) is 2.57. The predicted octanol–water partition coefficient (Wildman–Crippen LogP) is 1.78. The summed E-state index contributed by atoms with van der Waals surface area (Å²) >= 11 is 0. The monoisotopic (exact) mass is 272 g/mol. The third-order valence-electron chi connectivity index (χ3n) is 3.68. The first-order valence-corrected chi connectivity index (χ1v) is 6.65. The van der Waals surface area contributed by atoms with Crippen molar-refractivity contribution in [3.63, 3.8) is 0 Å². The Morgan fingerprint density at radius 1 is 1.60 bits per heavy atom. The Morgan fingerprint density at radius 3 is 3.00 bits per heavy atom. The Balaban J connectivity index is 2.31. The normalized spacial score (nSPS) is 25.8. The quantitative estimate of drug-likeness (QED) is 0.619. The second kappa shape index (κ2) is 5.83. The van der Waals surface area contributed by atoms with Gasteiger partial charge in [-0.15, -0.1) is 0 Å². The van der Waals surface area contributed by atoms with E-state index in [1.54, 1.807) is 31.3 Å². The van der Waals surface area contributed by atoms with E-state index in [0.29, 0.717) is 12.1 Å². The van der Waals surface area contributed by atoms with E-state index >= 15 is 0 Å². The Kier molecular flexibility index (Phi) is 4.14. The van der Waals surface area contributed by atoms with Crippen molar-refractivity contribution in [3.05, 3.63) is 30.1 Å². The molecule has 0 N–H and O–H groups in total. The van der Waals surface area contributed by atoms with Crippen molar-refractivity contribution in [2.45, 2.75) is 31.6 Å². The summed E-state index contributed by atoms with van der Waals surface area (Å²) in [6, 6.07) is 7.60. The van der Waals surface area contributed by atoms with Gasteiger partial charge in [0.05, 0.1) is 18.4 Å². The molecular formula is C15H16N2O3. The number of carbonyl (C=O) groups is 2. The number of carbonyl (C=O) groups excluding carboxylic acids is 2. The minimum absolute atomic E-state index is 0.148. The molecule has 2 atom stereocenters. The highest BCUT2D eigenvalue weighted by atomic mass is 16.5. The van der Waals surface area contributed by atoms with Crippen molar-refractivity contribution in [1.29, 1.82) is 5.26 Å².